The highest BCUT2D eigenvalue weighted by molar-refractivity contribution is 8.00. The summed E-state index contributed by atoms with van der Waals surface area (Å²) >= 11 is 1.29. The first-order chi connectivity index (χ1) is 16.3. The number of nitrogens with zero attached hydrogens (tertiary/aromatic N) is 3. The molecule has 0 unspecified atom stereocenters. The number of anilines is 2. The van der Waals surface area contributed by atoms with Gasteiger partial charge in [-0.15, -0.1) is 0 Å². The van der Waals surface area contributed by atoms with E-state index in [1.807, 2.05) is 6.20 Å². The molecule has 0 atom stereocenters. The summed E-state index contributed by atoms with van der Waals surface area (Å²) in [4.78, 5) is 8.87. The quantitative estimate of drug-likeness (QED) is 0.369. The van der Waals surface area contributed by atoms with Crippen molar-refractivity contribution in [3.05, 3.63) is 66.6 Å². The molecule has 0 aliphatic heterocycles. The van der Waals surface area contributed by atoms with Gasteiger partial charge in [-0.05, 0) is 37.1 Å². The first-order valence-corrected chi connectivity index (χ1v) is 13.0. The van der Waals surface area contributed by atoms with Crippen LogP contribution in [-0.4, -0.2) is 23.0 Å². The fourth-order valence-electron chi connectivity index (χ4n) is 4.31. The molecule has 2 heterocycles. The molecule has 3 N–H and O–H groups in total. The van der Waals surface area contributed by atoms with Crippen molar-refractivity contribution < 1.29 is 17.2 Å². The highest BCUT2D eigenvalue weighted by Gasteiger charge is 2.26. The number of sulfonamides is 1. The van der Waals surface area contributed by atoms with Gasteiger partial charge in [-0.1, -0.05) is 42.8 Å². The lowest BCUT2D eigenvalue weighted by Crippen LogP contribution is -2.16. The van der Waals surface area contributed by atoms with Crippen LogP contribution in [0.15, 0.2) is 69.7 Å². The van der Waals surface area contributed by atoms with Gasteiger partial charge in [0.1, 0.15) is 29.4 Å². The van der Waals surface area contributed by atoms with Gasteiger partial charge in [0.15, 0.2) is 4.90 Å². The number of aromatic nitrogens is 3. The van der Waals surface area contributed by atoms with Crippen molar-refractivity contribution in [1.82, 2.24) is 14.5 Å². The van der Waals surface area contributed by atoms with E-state index in [2.05, 4.69) is 19.3 Å². The molecule has 11 heteroatoms. The molecule has 4 aromatic rings. The second kappa shape index (κ2) is 8.88. The van der Waals surface area contributed by atoms with Crippen molar-refractivity contribution in [2.45, 2.75) is 46.4 Å². The standard InChI is InChI=1S/C23H21F2N5O2S2/c24-15-8-5-9-16(25)21(15)34(31,32)29-17-10-3-4-11-18(17)33-19-12-30(14-6-1-2-7-14)23-20(19)22(26)27-13-28-23/h3-5,8-14,29H,1-2,6-7H2,(H2,26,27,28). The Hall–Kier alpha value is -3.18. The topological polar surface area (TPSA) is 103 Å². The number of rotatable bonds is 6. The molecule has 1 saturated carbocycles. The van der Waals surface area contributed by atoms with Gasteiger partial charge in [-0.2, -0.15) is 0 Å². The summed E-state index contributed by atoms with van der Waals surface area (Å²) in [6.45, 7) is 0. The van der Waals surface area contributed by atoms with Crippen molar-refractivity contribution in [2.75, 3.05) is 10.5 Å². The molecule has 0 saturated heterocycles. The third-order valence-corrected chi connectivity index (χ3v) is 8.38. The van der Waals surface area contributed by atoms with Crippen LogP contribution in [0, 0.1) is 11.6 Å². The maximum Gasteiger partial charge on any atom is 0.267 e. The lowest BCUT2D eigenvalue weighted by Gasteiger charge is -2.13. The molecule has 1 aliphatic rings. The third kappa shape index (κ3) is 4.09. The number of hydrogen-bond donors (Lipinski definition) is 2. The molecule has 7 nitrogen and oxygen atoms in total. The minimum absolute atomic E-state index is 0.187. The molecule has 1 fully saturated rings. The van der Waals surface area contributed by atoms with Gasteiger partial charge in [0.25, 0.3) is 10.0 Å². The van der Waals surface area contributed by atoms with Gasteiger partial charge in [0.05, 0.1) is 11.1 Å². The minimum atomic E-state index is -4.52. The zero-order valence-corrected chi connectivity index (χ0v) is 19.5. The maximum absolute atomic E-state index is 14.2. The lowest BCUT2D eigenvalue weighted by molar-refractivity contribution is 0.521. The number of nitrogens with one attached hydrogen (secondary N) is 1. The van der Waals surface area contributed by atoms with Crippen LogP contribution < -0.4 is 10.5 Å². The Balaban J connectivity index is 1.54. The van der Waals surface area contributed by atoms with Crippen LogP contribution in [-0.2, 0) is 10.0 Å². The van der Waals surface area contributed by atoms with E-state index in [1.165, 1.54) is 24.2 Å². The summed E-state index contributed by atoms with van der Waals surface area (Å²) in [5.41, 5.74) is 7.12. The van der Waals surface area contributed by atoms with E-state index in [0.29, 0.717) is 22.1 Å². The summed E-state index contributed by atoms with van der Waals surface area (Å²) in [7, 11) is -4.52. The largest absolute Gasteiger partial charge is 0.383 e. The maximum atomic E-state index is 14.2. The van der Waals surface area contributed by atoms with E-state index >= 15 is 0 Å². The Morgan fingerprint density at radius 2 is 1.71 bits per heavy atom. The van der Waals surface area contributed by atoms with Crippen LogP contribution in [0.5, 0.6) is 0 Å². The first kappa shape index (κ1) is 22.6. The predicted molar refractivity (Wildman–Crippen MR) is 127 cm³/mol. The number of para-hydroxylation sites is 1. The van der Waals surface area contributed by atoms with Crippen LogP contribution in [0.1, 0.15) is 31.7 Å². The van der Waals surface area contributed by atoms with Crippen LogP contribution in [0.3, 0.4) is 0 Å². The smallest absolute Gasteiger partial charge is 0.267 e. The fourth-order valence-corrected chi connectivity index (χ4v) is 6.67. The number of nitrogen functional groups attached to an aromatic ring is 1. The minimum Gasteiger partial charge on any atom is -0.383 e. The third-order valence-electron chi connectivity index (χ3n) is 5.86. The Kier molecular flexibility index (Phi) is 5.90. The van der Waals surface area contributed by atoms with Crippen LogP contribution in [0.25, 0.3) is 11.0 Å². The van der Waals surface area contributed by atoms with E-state index < -0.39 is 26.6 Å². The number of fused-ring (bicyclic) bond motifs is 1. The Bertz CT molecular complexity index is 1460. The first-order valence-electron chi connectivity index (χ1n) is 10.7. The summed E-state index contributed by atoms with van der Waals surface area (Å²) in [5, 5.41) is 0.692. The van der Waals surface area contributed by atoms with Crippen LogP contribution in [0.4, 0.5) is 20.3 Å². The Morgan fingerprint density at radius 1 is 1.00 bits per heavy atom. The number of hydrogen-bond acceptors (Lipinski definition) is 6. The lowest BCUT2D eigenvalue weighted by atomic mass is 10.2. The van der Waals surface area contributed by atoms with E-state index in [-0.39, 0.29) is 5.69 Å². The highest BCUT2D eigenvalue weighted by Crippen LogP contribution is 2.42. The monoisotopic (exact) mass is 501 g/mol. The molecule has 34 heavy (non-hydrogen) atoms. The average molecular weight is 502 g/mol. The van der Waals surface area contributed by atoms with E-state index in [4.69, 9.17) is 5.73 Å². The van der Waals surface area contributed by atoms with E-state index in [0.717, 1.165) is 54.4 Å². The molecule has 2 aromatic carbocycles. The Morgan fingerprint density at radius 3 is 2.44 bits per heavy atom. The fraction of sp³-hybridized carbons (Fsp3) is 0.217. The normalized spacial score (nSPS) is 14.6. The number of nitrogens with two attached hydrogens (primary N) is 1. The second-order valence-corrected chi connectivity index (χ2v) is 10.8. The molecule has 5 rings (SSSR count). The molecule has 1 aliphatic carbocycles. The molecule has 0 radical (unpaired) electrons. The average Bonchev–Trinajstić information content (AvgIpc) is 3.43. The highest BCUT2D eigenvalue weighted by atomic mass is 32.2. The van der Waals surface area contributed by atoms with Crippen LogP contribution >= 0.6 is 11.8 Å². The van der Waals surface area contributed by atoms with Crippen LogP contribution in [0.2, 0.25) is 0 Å². The van der Waals surface area contributed by atoms with Crippen molar-refractivity contribution in [1.29, 1.82) is 0 Å². The predicted octanol–water partition coefficient (Wildman–Crippen LogP) is 5.36. The van der Waals surface area contributed by atoms with Crippen molar-refractivity contribution >= 4 is 44.3 Å². The SMILES string of the molecule is Nc1ncnc2c1c(Sc1ccccc1NS(=O)(=O)c1c(F)cccc1F)cn2C1CCCC1. The number of halogens is 2. The van der Waals surface area contributed by atoms with Crippen molar-refractivity contribution in [3.8, 4) is 0 Å². The zero-order valence-electron chi connectivity index (χ0n) is 17.9. The van der Waals surface area contributed by atoms with Gasteiger partial charge in [-0.25, -0.2) is 27.2 Å². The zero-order chi connectivity index (χ0) is 23.9. The molecule has 0 spiro atoms. The van der Waals surface area contributed by atoms with Crippen molar-refractivity contribution in [2.24, 2.45) is 0 Å². The van der Waals surface area contributed by atoms with E-state index in [1.54, 1.807) is 18.2 Å². The number of benzene rings is 2. The van der Waals surface area contributed by atoms with E-state index in [9.17, 15) is 17.2 Å². The molecule has 176 valence electrons. The Labute approximate surface area is 199 Å². The summed E-state index contributed by atoms with van der Waals surface area (Å²) in [6, 6.07) is 9.87. The molecule has 0 amide bonds. The van der Waals surface area contributed by atoms with Gasteiger partial charge >= 0.3 is 0 Å². The van der Waals surface area contributed by atoms with Gasteiger partial charge in [0, 0.05) is 22.0 Å². The molecular weight excluding hydrogens is 480 g/mol. The molecular formula is C23H21F2N5O2S2. The van der Waals surface area contributed by atoms with Gasteiger partial charge in [-0.3, -0.25) is 4.72 Å². The second-order valence-electron chi connectivity index (χ2n) is 8.05. The molecule has 2 aromatic heterocycles. The van der Waals surface area contributed by atoms with Gasteiger partial charge in [0.2, 0.25) is 0 Å². The summed E-state index contributed by atoms with van der Waals surface area (Å²) in [6.07, 6.45) is 7.78. The van der Waals surface area contributed by atoms with Gasteiger partial charge < -0.3 is 10.3 Å². The molecule has 0 bridgehead atoms. The summed E-state index contributed by atoms with van der Waals surface area (Å²) in [5.74, 6) is -2.00. The summed E-state index contributed by atoms with van der Waals surface area (Å²) < 4.78 is 58.5. The van der Waals surface area contributed by atoms with Crippen molar-refractivity contribution in [3.63, 3.8) is 0 Å².